The van der Waals surface area contributed by atoms with E-state index in [2.05, 4.69) is 5.32 Å². The molecule has 1 N–H and O–H groups in total. The number of carbonyl (C=O) groups excluding carboxylic acids is 1. The lowest BCUT2D eigenvalue weighted by Gasteiger charge is -2.37. The molecule has 24 heavy (non-hydrogen) atoms. The average Bonchev–Trinajstić information content (AvgIpc) is 3.01. The van der Waals surface area contributed by atoms with Crippen molar-refractivity contribution in [1.29, 1.82) is 0 Å². The number of sulfone groups is 1. The number of urea groups is 1. The Bertz CT molecular complexity index is 718. The number of para-hydroxylation sites is 1. The molecule has 0 unspecified atom stereocenters. The van der Waals surface area contributed by atoms with Crippen molar-refractivity contribution in [1.82, 2.24) is 10.2 Å². The molecule has 2 heterocycles. The molecule has 1 aromatic carbocycles. The Morgan fingerprint density at radius 2 is 1.79 bits per heavy atom. The fourth-order valence-corrected chi connectivity index (χ4v) is 4.26. The lowest BCUT2D eigenvalue weighted by molar-refractivity contribution is 0.186. The van der Waals surface area contributed by atoms with Crippen LogP contribution in [-0.4, -0.2) is 57.3 Å². The standard InChI is InChI=1S/C15H19F2N3O3S/c16-14(17)24(22,23)13-4-2-1-3-12(13)19-8-5-11(6-9-19)20-10-7-18-15(20)21/h1-4,11,14H,5-10H2,(H,18,21). The molecule has 3 rings (SSSR count). The van der Waals surface area contributed by atoms with Gasteiger partial charge in [0.25, 0.3) is 0 Å². The molecule has 0 radical (unpaired) electrons. The Balaban J connectivity index is 1.77. The minimum atomic E-state index is -4.64. The summed E-state index contributed by atoms with van der Waals surface area (Å²) >= 11 is 0. The van der Waals surface area contributed by atoms with Gasteiger partial charge < -0.3 is 15.1 Å². The summed E-state index contributed by atoms with van der Waals surface area (Å²) in [6.07, 6.45) is 1.35. The molecule has 0 aliphatic carbocycles. The van der Waals surface area contributed by atoms with E-state index in [1.54, 1.807) is 21.9 Å². The van der Waals surface area contributed by atoms with Crippen molar-refractivity contribution < 1.29 is 22.0 Å². The first-order chi connectivity index (χ1) is 11.4. The summed E-state index contributed by atoms with van der Waals surface area (Å²) in [4.78, 5) is 15.0. The van der Waals surface area contributed by atoms with Crippen molar-refractivity contribution in [2.24, 2.45) is 0 Å². The molecule has 1 aromatic rings. The highest BCUT2D eigenvalue weighted by Crippen LogP contribution is 2.31. The second kappa shape index (κ2) is 6.54. The van der Waals surface area contributed by atoms with E-state index in [9.17, 15) is 22.0 Å². The zero-order valence-electron chi connectivity index (χ0n) is 13.0. The number of hydrogen-bond acceptors (Lipinski definition) is 4. The molecular weight excluding hydrogens is 340 g/mol. The second-order valence-corrected chi connectivity index (χ2v) is 7.80. The van der Waals surface area contributed by atoms with E-state index < -0.39 is 15.6 Å². The summed E-state index contributed by atoms with van der Waals surface area (Å²) in [6.45, 7) is 2.34. The van der Waals surface area contributed by atoms with E-state index in [4.69, 9.17) is 0 Å². The number of anilines is 1. The third-order valence-corrected chi connectivity index (χ3v) is 5.97. The van der Waals surface area contributed by atoms with E-state index in [1.165, 1.54) is 12.1 Å². The normalized spacial score (nSPS) is 19.9. The van der Waals surface area contributed by atoms with Crippen molar-refractivity contribution in [3.63, 3.8) is 0 Å². The number of rotatable bonds is 4. The first-order valence-corrected chi connectivity index (χ1v) is 9.36. The van der Waals surface area contributed by atoms with E-state index >= 15 is 0 Å². The molecule has 0 atom stereocenters. The third-order valence-electron chi connectivity index (χ3n) is 4.54. The van der Waals surface area contributed by atoms with E-state index in [-0.39, 0.29) is 17.0 Å². The third kappa shape index (κ3) is 3.04. The number of alkyl halides is 2. The van der Waals surface area contributed by atoms with Crippen LogP contribution < -0.4 is 10.2 Å². The molecule has 2 saturated heterocycles. The molecule has 0 saturated carbocycles. The topological polar surface area (TPSA) is 69.7 Å². The van der Waals surface area contributed by atoms with E-state index in [0.29, 0.717) is 44.7 Å². The highest BCUT2D eigenvalue weighted by Gasteiger charge is 2.34. The van der Waals surface area contributed by atoms with Crippen LogP contribution in [0.1, 0.15) is 12.8 Å². The number of piperidine rings is 1. The zero-order valence-corrected chi connectivity index (χ0v) is 13.8. The minimum Gasteiger partial charge on any atom is -0.370 e. The van der Waals surface area contributed by atoms with Gasteiger partial charge in [-0.15, -0.1) is 0 Å². The zero-order chi connectivity index (χ0) is 17.3. The molecular formula is C15H19F2N3O3S. The number of carbonyl (C=O) groups is 1. The minimum absolute atomic E-state index is 0.0749. The molecule has 6 nitrogen and oxygen atoms in total. The Morgan fingerprint density at radius 3 is 2.38 bits per heavy atom. The number of hydrogen-bond donors (Lipinski definition) is 1. The molecule has 0 aromatic heterocycles. The maximum atomic E-state index is 12.9. The van der Waals surface area contributed by atoms with Gasteiger partial charge in [-0.25, -0.2) is 13.2 Å². The number of nitrogens with zero attached hydrogens (tertiary/aromatic N) is 2. The van der Waals surface area contributed by atoms with Crippen LogP contribution in [0.15, 0.2) is 29.2 Å². The SMILES string of the molecule is O=C1NCCN1C1CCN(c2ccccc2S(=O)(=O)C(F)F)CC1. The largest absolute Gasteiger partial charge is 0.370 e. The molecule has 2 aliphatic rings. The highest BCUT2D eigenvalue weighted by molar-refractivity contribution is 7.91. The van der Waals surface area contributed by atoms with Gasteiger partial charge in [0.1, 0.15) is 0 Å². The van der Waals surface area contributed by atoms with Crippen molar-refractivity contribution in [2.45, 2.75) is 29.5 Å². The number of halogens is 2. The summed E-state index contributed by atoms with van der Waals surface area (Å²) in [7, 11) is -4.64. The predicted molar refractivity (Wildman–Crippen MR) is 85.0 cm³/mol. The van der Waals surface area contributed by atoms with Crippen LogP contribution >= 0.6 is 0 Å². The summed E-state index contributed by atoms with van der Waals surface area (Å²) < 4.78 is 49.5. The van der Waals surface area contributed by atoms with Crippen LogP contribution in [0.2, 0.25) is 0 Å². The molecule has 132 valence electrons. The lowest BCUT2D eigenvalue weighted by atomic mass is 10.0. The lowest BCUT2D eigenvalue weighted by Crippen LogP contribution is -2.46. The molecule has 9 heteroatoms. The van der Waals surface area contributed by atoms with Crippen molar-refractivity contribution in [3.8, 4) is 0 Å². The Kier molecular flexibility index (Phi) is 4.62. The fourth-order valence-electron chi connectivity index (χ4n) is 3.31. The van der Waals surface area contributed by atoms with Gasteiger partial charge in [0, 0.05) is 32.2 Å². The fraction of sp³-hybridized carbons (Fsp3) is 0.533. The Labute approximate surface area is 139 Å². The summed E-state index contributed by atoms with van der Waals surface area (Å²) in [5, 5.41) is 2.76. The van der Waals surface area contributed by atoms with Gasteiger partial charge in [0.05, 0.1) is 10.6 Å². The van der Waals surface area contributed by atoms with Gasteiger partial charge >= 0.3 is 11.8 Å². The van der Waals surface area contributed by atoms with Crippen LogP contribution in [0, 0.1) is 0 Å². The van der Waals surface area contributed by atoms with E-state index in [0.717, 1.165) is 0 Å². The van der Waals surface area contributed by atoms with Crippen LogP contribution in [0.5, 0.6) is 0 Å². The first kappa shape index (κ1) is 16.9. The summed E-state index contributed by atoms with van der Waals surface area (Å²) in [6, 6.07) is 5.88. The summed E-state index contributed by atoms with van der Waals surface area (Å²) in [5.74, 6) is -3.44. The highest BCUT2D eigenvalue weighted by atomic mass is 32.2. The Morgan fingerprint density at radius 1 is 1.12 bits per heavy atom. The molecule has 2 amide bonds. The van der Waals surface area contributed by atoms with Gasteiger partial charge in [0.2, 0.25) is 9.84 Å². The van der Waals surface area contributed by atoms with Gasteiger partial charge in [0.15, 0.2) is 0 Å². The van der Waals surface area contributed by atoms with Crippen LogP contribution in [0.3, 0.4) is 0 Å². The average molecular weight is 359 g/mol. The number of benzene rings is 1. The van der Waals surface area contributed by atoms with E-state index in [1.807, 2.05) is 0 Å². The molecule has 0 spiro atoms. The quantitative estimate of drug-likeness (QED) is 0.888. The van der Waals surface area contributed by atoms with Crippen molar-refractivity contribution in [2.75, 3.05) is 31.1 Å². The summed E-state index contributed by atoms with van der Waals surface area (Å²) in [5.41, 5.74) is 0.308. The van der Waals surface area contributed by atoms with Crippen molar-refractivity contribution in [3.05, 3.63) is 24.3 Å². The van der Waals surface area contributed by atoms with Crippen LogP contribution in [-0.2, 0) is 9.84 Å². The second-order valence-electron chi connectivity index (χ2n) is 5.92. The predicted octanol–water partition coefficient (Wildman–Crippen LogP) is 1.68. The van der Waals surface area contributed by atoms with Crippen LogP contribution in [0.25, 0.3) is 0 Å². The van der Waals surface area contributed by atoms with Crippen molar-refractivity contribution >= 4 is 21.6 Å². The van der Waals surface area contributed by atoms with Gasteiger partial charge in [-0.05, 0) is 25.0 Å². The molecule has 0 bridgehead atoms. The smallest absolute Gasteiger partial charge is 0.341 e. The van der Waals surface area contributed by atoms with Gasteiger partial charge in [-0.2, -0.15) is 8.78 Å². The molecule has 2 fully saturated rings. The molecule has 2 aliphatic heterocycles. The van der Waals surface area contributed by atoms with Crippen LogP contribution in [0.4, 0.5) is 19.3 Å². The first-order valence-electron chi connectivity index (χ1n) is 7.82. The number of amides is 2. The van der Waals surface area contributed by atoms with Gasteiger partial charge in [-0.3, -0.25) is 0 Å². The van der Waals surface area contributed by atoms with Gasteiger partial charge in [-0.1, -0.05) is 12.1 Å². The number of nitrogens with one attached hydrogen (secondary N) is 1. The maximum absolute atomic E-state index is 12.9. The monoisotopic (exact) mass is 359 g/mol. The Hall–Kier alpha value is -1.90. The maximum Gasteiger partial charge on any atom is 0.341 e.